The van der Waals surface area contributed by atoms with E-state index in [-0.39, 0.29) is 4.90 Å². The van der Waals surface area contributed by atoms with E-state index < -0.39 is 22.0 Å². The number of allylic oxidation sites excluding steroid dienone is 1. The molecule has 1 atom stereocenters. The summed E-state index contributed by atoms with van der Waals surface area (Å²) >= 11 is 5.70. The second-order valence-electron chi connectivity index (χ2n) is 6.21. The van der Waals surface area contributed by atoms with Crippen molar-refractivity contribution >= 4 is 27.5 Å². The summed E-state index contributed by atoms with van der Waals surface area (Å²) in [4.78, 5) is 13.0. The van der Waals surface area contributed by atoms with Crippen LogP contribution in [0.25, 0.3) is 0 Å². The van der Waals surface area contributed by atoms with Crippen LogP contribution >= 0.6 is 11.6 Å². The lowest BCUT2D eigenvalue weighted by Crippen LogP contribution is -2.34. The fourth-order valence-electron chi connectivity index (χ4n) is 3.01. The summed E-state index contributed by atoms with van der Waals surface area (Å²) in [5.41, 5.74) is 2.09. The highest BCUT2D eigenvalue weighted by atomic mass is 35.5. The van der Waals surface area contributed by atoms with Crippen molar-refractivity contribution in [1.29, 1.82) is 0 Å². The normalized spacial score (nSPS) is 17.1. The Hall–Kier alpha value is -2.11. The first-order chi connectivity index (χ1) is 12.5. The minimum absolute atomic E-state index is 0.114. The second-order valence-corrected chi connectivity index (χ2v) is 8.40. The molecule has 1 amide bonds. The summed E-state index contributed by atoms with van der Waals surface area (Å²) in [7, 11) is -3.96. The molecule has 2 aromatic carbocycles. The lowest BCUT2D eigenvalue weighted by atomic mass is 10.0. The third-order valence-electron chi connectivity index (χ3n) is 4.36. The molecular formula is C20H20ClNO3S. The standard InChI is InChI=1S/C20H20ClNO3S/c1-15-10-12-16(13-11-15)26(24,25)22-19(9-3-2-6-14-21)17-7-4-5-8-18(17)20(22)23/h3-5,7-13,19H,2,6,14H2,1H3/b9-3+. The van der Waals surface area contributed by atoms with E-state index in [1.807, 2.05) is 19.1 Å². The molecule has 26 heavy (non-hydrogen) atoms. The maximum Gasteiger partial charge on any atom is 0.268 e. The Morgan fingerprint density at radius 3 is 2.50 bits per heavy atom. The summed E-state index contributed by atoms with van der Waals surface area (Å²) in [6, 6.07) is 12.9. The van der Waals surface area contributed by atoms with E-state index in [0.29, 0.717) is 17.0 Å². The average Bonchev–Trinajstić information content (AvgIpc) is 2.92. The van der Waals surface area contributed by atoms with Crippen molar-refractivity contribution in [3.8, 4) is 0 Å². The molecule has 0 N–H and O–H groups in total. The van der Waals surface area contributed by atoms with Crippen LogP contribution in [-0.4, -0.2) is 24.5 Å². The Labute approximate surface area is 159 Å². The van der Waals surface area contributed by atoms with Gasteiger partial charge in [-0.1, -0.05) is 48.0 Å². The van der Waals surface area contributed by atoms with Crippen molar-refractivity contribution in [2.75, 3.05) is 5.88 Å². The molecule has 4 nitrogen and oxygen atoms in total. The predicted octanol–water partition coefficient (Wildman–Crippen LogP) is 4.46. The fraction of sp³-hybridized carbons (Fsp3) is 0.250. The zero-order valence-corrected chi connectivity index (χ0v) is 16.0. The summed E-state index contributed by atoms with van der Waals surface area (Å²) in [6.07, 6.45) is 5.20. The largest absolute Gasteiger partial charge is 0.268 e. The fourth-order valence-corrected chi connectivity index (χ4v) is 4.67. The first-order valence-electron chi connectivity index (χ1n) is 8.44. The van der Waals surface area contributed by atoms with Crippen LogP contribution in [0.15, 0.2) is 65.6 Å². The van der Waals surface area contributed by atoms with E-state index in [1.165, 1.54) is 12.1 Å². The van der Waals surface area contributed by atoms with Gasteiger partial charge in [0, 0.05) is 11.4 Å². The Bertz CT molecular complexity index is 936. The number of amides is 1. The van der Waals surface area contributed by atoms with Crippen molar-refractivity contribution in [3.05, 3.63) is 77.4 Å². The van der Waals surface area contributed by atoms with Crippen molar-refractivity contribution in [2.45, 2.75) is 30.7 Å². The highest BCUT2D eigenvalue weighted by Gasteiger charge is 2.43. The first-order valence-corrected chi connectivity index (χ1v) is 10.4. The zero-order valence-electron chi connectivity index (χ0n) is 14.4. The summed E-state index contributed by atoms with van der Waals surface area (Å²) < 4.78 is 27.3. The van der Waals surface area contributed by atoms with Crippen LogP contribution in [0, 0.1) is 6.92 Å². The number of alkyl halides is 1. The van der Waals surface area contributed by atoms with E-state index in [0.717, 1.165) is 22.7 Å². The van der Waals surface area contributed by atoms with E-state index in [4.69, 9.17) is 11.6 Å². The van der Waals surface area contributed by atoms with Gasteiger partial charge in [-0.2, -0.15) is 0 Å². The van der Waals surface area contributed by atoms with Gasteiger partial charge in [0.1, 0.15) is 0 Å². The Morgan fingerprint density at radius 2 is 1.81 bits per heavy atom. The third kappa shape index (κ3) is 3.41. The van der Waals surface area contributed by atoms with Gasteiger partial charge in [-0.05, 0) is 43.5 Å². The highest BCUT2D eigenvalue weighted by Crippen LogP contribution is 2.38. The molecular weight excluding hydrogens is 370 g/mol. The molecule has 1 unspecified atom stereocenters. The van der Waals surface area contributed by atoms with E-state index in [2.05, 4.69) is 0 Å². The van der Waals surface area contributed by atoms with Gasteiger partial charge in [0.15, 0.2) is 0 Å². The van der Waals surface area contributed by atoms with Crippen LogP contribution in [0.1, 0.15) is 40.4 Å². The second kappa shape index (κ2) is 7.64. The number of aryl methyl sites for hydroxylation is 1. The molecule has 0 spiro atoms. The van der Waals surface area contributed by atoms with E-state index in [1.54, 1.807) is 36.4 Å². The van der Waals surface area contributed by atoms with Crippen LogP contribution in [0.5, 0.6) is 0 Å². The van der Waals surface area contributed by atoms with Gasteiger partial charge in [-0.25, -0.2) is 12.7 Å². The van der Waals surface area contributed by atoms with Gasteiger partial charge in [0.25, 0.3) is 15.9 Å². The number of benzene rings is 2. The van der Waals surface area contributed by atoms with Crippen LogP contribution in [-0.2, 0) is 10.0 Å². The monoisotopic (exact) mass is 389 g/mol. The quantitative estimate of drug-likeness (QED) is 0.416. The minimum atomic E-state index is -3.96. The molecule has 2 aromatic rings. The zero-order chi connectivity index (χ0) is 18.7. The SMILES string of the molecule is Cc1ccc(S(=O)(=O)N2C(=O)c3ccccc3C2/C=C/CCCCl)cc1. The first kappa shape index (κ1) is 18.7. The molecule has 0 radical (unpaired) electrons. The van der Waals surface area contributed by atoms with Gasteiger partial charge in [0.05, 0.1) is 10.9 Å². The van der Waals surface area contributed by atoms with Gasteiger partial charge < -0.3 is 0 Å². The number of nitrogens with zero attached hydrogens (tertiary/aromatic N) is 1. The maximum absolute atomic E-state index is 13.2. The number of carbonyl (C=O) groups is 1. The predicted molar refractivity (Wildman–Crippen MR) is 103 cm³/mol. The van der Waals surface area contributed by atoms with Crippen LogP contribution < -0.4 is 0 Å². The molecule has 0 saturated heterocycles. The lowest BCUT2D eigenvalue weighted by molar-refractivity contribution is 0.0867. The van der Waals surface area contributed by atoms with Crippen molar-refractivity contribution < 1.29 is 13.2 Å². The molecule has 0 aliphatic carbocycles. The van der Waals surface area contributed by atoms with Gasteiger partial charge >= 0.3 is 0 Å². The smallest absolute Gasteiger partial charge is 0.268 e. The van der Waals surface area contributed by atoms with Crippen molar-refractivity contribution in [1.82, 2.24) is 4.31 Å². The van der Waals surface area contributed by atoms with Gasteiger partial charge in [-0.3, -0.25) is 4.79 Å². The number of fused-ring (bicyclic) bond motifs is 1. The number of hydrogen-bond acceptors (Lipinski definition) is 3. The number of carbonyl (C=O) groups excluding carboxylic acids is 1. The minimum Gasteiger partial charge on any atom is -0.268 e. The Morgan fingerprint density at radius 1 is 1.12 bits per heavy atom. The highest BCUT2D eigenvalue weighted by molar-refractivity contribution is 7.89. The van der Waals surface area contributed by atoms with Crippen LogP contribution in [0.4, 0.5) is 0 Å². The molecule has 0 bridgehead atoms. The topological polar surface area (TPSA) is 54.5 Å². The van der Waals surface area contributed by atoms with Crippen LogP contribution in [0.2, 0.25) is 0 Å². The number of hydrogen-bond donors (Lipinski definition) is 0. The number of halogens is 1. The van der Waals surface area contributed by atoms with E-state index >= 15 is 0 Å². The third-order valence-corrected chi connectivity index (χ3v) is 6.41. The van der Waals surface area contributed by atoms with Crippen molar-refractivity contribution in [3.63, 3.8) is 0 Å². The van der Waals surface area contributed by atoms with E-state index in [9.17, 15) is 13.2 Å². The lowest BCUT2D eigenvalue weighted by Gasteiger charge is -2.22. The van der Waals surface area contributed by atoms with Crippen molar-refractivity contribution in [2.24, 2.45) is 0 Å². The average molecular weight is 390 g/mol. The Balaban J connectivity index is 2.04. The summed E-state index contributed by atoms with van der Waals surface area (Å²) in [6.45, 7) is 1.88. The molecule has 0 fully saturated rings. The maximum atomic E-state index is 13.2. The molecule has 136 valence electrons. The molecule has 6 heteroatoms. The molecule has 1 aliphatic rings. The van der Waals surface area contributed by atoms with Gasteiger partial charge in [-0.15, -0.1) is 11.6 Å². The number of rotatable bonds is 6. The van der Waals surface area contributed by atoms with Gasteiger partial charge in [0.2, 0.25) is 0 Å². The Kier molecular flexibility index (Phi) is 5.49. The summed E-state index contributed by atoms with van der Waals surface area (Å²) in [5, 5.41) is 0. The number of unbranched alkanes of at least 4 members (excludes halogenated alkanes) is 1. The summed E-state index contributed by atoms with van der Waals surface area (Å²) in [5.74, 6) is 0.0452. The number of sulfonamides is 1. The molecule has 0 aromatic heterocycles. The molecule has 1 aliphatic heterocycles. The van der Waals surface area contributed by atoms with Crippen LogP contribution in [0.3, 0.4) is 0 Å². The molecule has 1 heterocycles. The molecule has 0 saturated carbocycles. The molecule has 3 rings (SSSR count).